The summed E-state index contributed by atoms with van der Waals surface area (Å²) in [6, 6.07) is 6.32. The molecule has 0 aliphatic heterocycles. The van der Waals surface area contributed by atoms with Gasteiger partial charge in [-0.15, -0.1) is 0 Å². The Balaban J connectivity index is 2.52. The molecule has 0 unspecified atom stereocenters. The van der Waals surface area contributed by atoms with Gasteiger partial charge in [-0.2, -0.15) is 11.8 Å². The molecular formula is C10H13NO2S. The second kappa shape index (κ2) is 5.54. The molecule has 1 aromatic rings. The molecule has 14 heavy (non-hydrogen) atoms. The van der Waals surface area contributed by atoms with Gasteiger partial charge in [-0.3, -0.25) is 4.79 Å². The van der Waals surface area contributed by atoms with Gasteiger partial charge in [0.25, 0.3) is 5.91 Å². The molecule has 0 radical (unpaired) electrons. The number of nitrogens with one attached hydrogen (secondary N) is 1. The van der Waals surface area contributed by atoms with E-state index in [0.717, 1.165) is 5.75 Å². The van der Waals surface area contributed by atoms with Crippen LogP contribution in [0.25, 0.3) is 0 Å². The number of benzene rings is 1. The van der Waals surface area contributed by atoms with Crippen molar-refractivity contribution in [3.8, 4) is 5.75 Å². The maximum Gasteiger partial charge on any atom is 0.251 e. The first-order valence-electron chi connectivity index (χ1n) is 4.30. The Hall–Kier alpha value is -1.16. The Bertz CT molecular complexity index is 315. The number of amides is 1. The standard InChI is InChI=1S/C10H13NO2S/c1-14-6-5-11-10(13)8-3-2-4-9(12)7-8/h2-4,7,12H,5-6H2,1H3,(H,11,13). The predicted octanol–water partition coefficient (Wildman–Crippen LogP) is 1.48. The molecule has 0 aliphatic rings. The van der Waals surface area contributed by atoms with E-state index in [2.05, 4.69) is 5.32 Å². The first-order valence-corrected chi connectivity index (χ1v) is 5.69. The molecule has 1 rings (SSSR count). The van der Waals surface area contributed by atoms with E-state index in [-0.39, 0.29) is 11.7 Å². The molecule has 1 amide bonds. The van der Waals surface area contributed by atoms with Gasteiger partial charge in [-0.05, 0) is 24.5 Å². The number of phenols is 1. The average molecular weight is 211 g/mol. The summed E-state index contributed by atoms with van der Waals surface area (Å²) in [5.74, 6) is 0.863. The van der Waals surface area contributed by atoms with E-state index in [1.807, 2.05) is 6.26 Å². The Kier molecular flexibility index (Phi) is 4.32. The van der Waals surface area contributed by atoms with Crippen LogP contribution in [0.3, 0.4) is 0 Å². The molecule has 0 heterocycles. The molecule has 0 aliphatic carbocycles. The predicted molar refractivity (Wildman–Crippen MR) is 58.8 cm³/mol. The summed E-state index contributed by atoms with van der Waals surface area (Å²) < 4.78 is 0. The summed E-state index contributed by atoms with van der Waals surface area (Å²) in [4.78, 5) is 11.4. The fourth-order valence-electron chi connectivity index (χ4n) is 1.02. The molecule has 0 saturated heterocycles. The van der Waals surface area contributed by atoms with Crippen LogP contribution >= 0.6 is 11.8 Å². The topological polar surface area (TPSA) is 49.3 Å². The van der Waals surface area contributed by atoms with Crippen LogP contribution in [0, 0.1) is 0 Å². The molecular weight excluding hydrogens is 198 g/mol. The fraction of sp³-hybridized carbons (Fsp3) is 0.300. The number of hydrogen-bond acceptors (Lipinski definition) is 3. The van der Waals surface area contributed by atoms with Crippen LogP contribution in [0.1, 0.15) is 10.4 Å². The number of hydrogen-bond donors (Lipinski definition) is 2. The van der Waals surface area contributed by atoms with Crippen LogP contribution in [0.2, 0.25) is 0 Å². The van der Waals surface area contributed by atoms with Crippen molar-refractivity contribution in [1.29, 1.82) is 0 Å². The van der Waals surface area contributed by atoms with E-state index in [9.17, 15) is 4.79 Å². The van der Waals surface area contributed by atoms with Gasteiger partial charge >= 0.3 is 0 Å². The van der Waals surface area contributed by atoms with Gasteiger partial charge in [0.15, 0.2) is 0 Å². The first kappa shape index (κ1) is 10.9. The van der Waals surface area contributed by atoms with Gasteiger partial charge < -0.3 is 10.4 Å². The van der Waals surface area contributed by atoms with Crippen LogP contribution < -0.4 is 5.32 Å². The molecule has 1 aromatic carbocycles. The molecule has 0 saturated carbocycles. The fourth-order valence-corrected chi connectivity index (χ4v) is 1.32. The van der Waals surface area contributed by atoms with E-state index < -0.39 is 0 Å². The lowest BCUT2D eigenvalue weighted by Crippen LogP contribution is -2.25. The van der Waals surface area contributed by atoms with Gasteiger partial charge in [0.1, 0.15) is 5.75 Å². The monoisotopic (exact) mass is 211 g/mol. The lowest BCUT2D eigenvalue weighted by molar-refractivity contribution is 0.0956. The zero-order chi connectivity index (χ0) is 10.4. The van der Waals surface area contributed by atoms with Crippen molar-refractivity contribution in [3.05, 3.63) is 29.8 Å². The zero-order valence-electron chi connectivity index (χ0n) is 7.99. The van der Waals surface area contributed by atoms with E-state index in [4.69, 9.17) is 5.11 Å². The van der Waals surface area contributed by atoms with Crippen LogP contribution in [0.15, 0.2) is 24.3 Å². The third-order valence-corrected chi connectivity index (χ3v) is 2.31. The highest BCUT2D eigenvalue weighted by Gasteiger charge is 2.04. The minimum atomic E-state index is -0.144. The second-order valence-electron chi connectivity index (χ2n) is 2.80. The third kappa shape index (κ3) is 3.30. The van der Waals surface area contributed by atoms with Crippen LogP contribution in [-0.4, -0.2) is 29.6 Å². The van der Waals surface area contributed by atoms with Crippen molar-refractivity contribution in [2.45, 2.75) is 0 Å². The Morgan fingerprint density at radius 1 is 1.57 bits per heavy atom. The maximum atomic E-state index is 11.4. The second-order valence-corrected chi connectivity index (χ2v) is 3.78. The molecule has 76 valence electrons. The number of thioether (sulfide) groups is 1. The van der Waals surface area contributed by atoms with Crippen molar-refractivity contribution in [2.24, 2.45) is 0 Å². The third-order valence-electron chi connectivity index (χ3n) is 1.70. The van der Waals surface area contributed by atoms with Gasteiger partial charge in [0, 0.05) is 17.9 Å². The number of rotatable bonds is 4. The lowest BCUT2D eigenvalue weighted by Gasteiger charge is -2.03. The lowest BCUT2D eigenvalue weighted by atomic mass is 10.2. The Morgan fingerprint density at radius 3 is 3.00 bits per heavy atom. The van der Waals surface area contributed by atoms with Crippen LogP contribution in [-0.2, 0) is 0 Å². The summed E-state index contributed by atoms with van der Waals surface area (Å²) in [6.45, 7) is 0.648. The summed E-state index contributed by atoms with van der Waals surface area (Å²) in [5, 5.41) is 11.9. The van der Waals surface area contributed by atoms with E-state index >= 15 is 0 Å². The zero-order valence-corrected chi connectivity index (χ0v) is 8.80. The van der Waals surface area contributed by atoms with E-state index in [1.165, 1.54) is 6.07 Å². The van der Waals surface area contributed by atoms with Crippen molar-refractivity contribution >= 4 is 17.7 Å². The van der Waals surface area contributed by atoms with Crippen LogP contribution in [0.4, 0.5) is 0 Å². The summed E-state index contributed by atoms with van der Waals surface area (Å²) in [7, 11) is 0. The average Bonchev–Trinajstić information content (AvgIpc) is 2.18. The summed E-state index contributed by atoms with van der Waals surface area (Å²) in [5.41, 5.74) is 0.492. The van der Waals surface area contributed by atoms with E-state index in [0.29, 0.717) is 12.1 Å². The molecule has 0 bridgehead atoms. The quantitative estimate of drug-likeness (QED) is 0.742. The number of aromatic hydroxyl groups is 1. The molecule has 4 heteroatoms. The van der Waals surface area contributed by atoms with Gasteiger partial charge in [-0.25, -0.2) is 0 Å². The normalized spacial score (nSPS) is 9.79. The highest BCUT2D eigenvalue weighted by molar-refractivity contribution is 7.98. The van der Waals surface area contributed by atoms with Crippen molar-refractivity contribution < 1.29 is 9.90 Å². The smallest absolute Gasteiger partial charge is 0.251 e. The number of carbonyl (C=O) groups excluding carboxylic acids is 1. The van der Waals surface area contributed by atoms with Crippen molar-refractivity contribution in [1.82, 2.24) is 5.32 Å². The van der Waals surface area contributed by atoms with Crippen molar-refractivity contribution in [2.75, 3.05) is 18.6 Å². The molecule has 0 aromatic heterocycles. The number of phenolic OH excluding ortho intramolecular Hbond substituents is 1. The Morgan fingerprint density at radius 2 is 2.36 bits per heavy atom. The molecule has 0 fully saturated rings. The maximum absolute atomic E-state index is 11.4. The largest absolute Gasteiger partial charge is 0.508 e. The SMILES string of the molecule is CSCCNC(=O)c1cccc(O)c1. The summed E-state index contributed by atoms with van der Waals surface area (Å²) in [6.07, 6.45) is 1.99. The highest BCUT2D eigenvalue weighted by Crippen LogP contribution is 2.10. The summed E-state index contributed by atoms with van der Waals surface area (Å²) >= 11 is 1.68. The van der Waals surface area contributed by atoms with Gasteiger partial charge in [-0.1, -0.05) is 6.07 Å². The molecule has 3 nitrogen and oxygen atoms in total. The first-order chi connectivity index (χ1) is 6.74. The van der Waals surface area contributed by atoms with Gasteiger partial charge in [0.2, 0.25) is 0 Å². The van der Waals surface area contributed by atoms with Crippen molar-refractivity contribution in [3.63, 3.8) is 0 Å². The van der Waals surface area contributed by atoms with Crippen LogP contribution in [0.5, 0.6) is 5.75 Å². The Labute approximate surface area is 87.5 Å². The highest BCUT2D eigenvalue weighted by atomic mass is 32.2. The minimum absolute atomic E-state index is 0.113. The minimum Gasteiger partial charge on any atom is -0.508 e. The van der Waals surface area contributed by atoms with Gasteiger partial charge in [0.05, 0.1) is 0 Å². The van der Waals surface area contributed by atoms with E-state index in [1.54, 1.807) is 30.0 Å². The molecule has 2 N–H and O–H groups in total. The number of carbonyl (C=O) groups is 1. The molecule has 0 atom stereocenters. The molecule has 0 spiro atoms.